The number of carbonyl (C=O) groups is 2. The first kappa shape index (κ1) is 17.3. The van der Waals surface area contributed by atoms with Crippen molar-refractivity contribution in [3.8, 4) is 11.5 Å². The number of hydrogen-bond donors (Lipinski definition) is 1. The van der Waals surface area contributed by atoms with E-state index in [-0.39, 0.29) is 6.61 Å². The maximum Gasteiger partial charge on any atom is 0.347 e. The van der Waals surface area contributed by atoms with Gasteiger partial charge in [0.05, 0.1) is 7.11 Å². The Morgan fingerprint density at radius 2 is 1.67 bits per heavy atom. The molecule has 1 amide bonds. The second kappa shape index (κ2) is 8.57. The fraction of sp³-hybridized carbons (Fsp3) is 0.222. The van der Waals surface area contributed by atoms with Gasteiger partial charge in [-0.05, 0) is 43.3 Å². The van der Waals surface area contributed by atoms with E-state index in [1.165, 1.54) is 0 Å². The standard InChI is InChI=1S/C18H19NO5/c1-13(24-16-6-4-3-5-7-16)18(21)23-12-17(20)19-14-8-10-15(22-2)11-9-14/h3-11,13H,12H2,1-2H3,(H,19,20)/t13-/m0/s1. The summed E-state index contributed by atoms with van der Waals surface area (Å²) in [6.45, 7) is 1.18. The van der Waals surface area contributed by atoms with Crippen LogP contribution < -0.4 is 14.8 Å². The normalized spacial score (nSPS) is 11.2. The molecule has 0 radical (unpaired) electrons. The SMILES string of the molecule is COc1ccc(NC(=O)COC(=O)[C@H](C)Oc2ccccc2)cc1. The van der Waals surface area contributed by atoms with E-state index in [2.05, 4.69) is 5.32 Å². The smallest absolute Gasteiger partial charge is 0.347 e. The molecule has 0 fully saturated rings. The zero-order chi connectivity index (χ0) is 17.4. The number of carbonyl (C=O) groups excluding carboxylic acids is 2. The van der Waals surface area contributed by atoms with Gasteiger partial charge in [0.1, 0.15) is 11.5 Å². The van der Waals surface area contributed by atoms with E-state index < -0.39 is 18.0 Å². The molecule has 0 bridgehead atoms. The van der Waals surface area contributed by atoms with Gasteiger partial charge in [0.15, 0.2) is 12.7 Å². The van der Waals surface area contributed by atoms with Crippen LogP contribution in [0.15, 0.2) is 54.6 Å². The number of para-hydroxylation sites is 1. The van der Waals surface area contributed by atoms with Gasteiger partial charge >= 0.3 is 5.97 Å². The molecule has 0 spiro atoms. The van der Waals surface area contributed by atoms with Crippen molar-refractivity contribution in [3.05, 3.63) is 54.6 Å². The van der Waals surface area contributed by atoms with E-state index in [0.29, 0.717) is 17.2 Å². The molecule has 0 aliphatic heterocycles. The summed E-state index contributed by atoms with van der Waals surface area (Å²) in [6.07, 6.45) is -0.804. The van der Waals surface area contributed by atoms with Crippen molar-refractivity contribution in [3.63, 3.8) is 0 Å². The molecule has 2 rings (SSSR count). The lowest BCUT2D eigenvalue weighted by Gasteiger charge is -2.14. The highest BCUT2D eigenvalue weighted by molar-refractivity contribution is 5.93. The third-order valence-electron chi connectivity index (χ3n) is 3.11. The molecule has 0 heterocycles. The summed E-state index contributed by atoms with van der Waals surface area (Å²) in [5.41, 5.74) is 0.588. The number of hydrogen-bond acceptors (Lipinski definition) is 5. The highest BCUT2D eigenvalue weighted by Crippen LogP contribution is 2.15. The van der Waals surface area contributed by atoms with Gasteiger partial charge in [-0.2, -0.15) is 0 Å². The maximum absolute atomic E-state index is 11.8. The van der Waals surface area contributed by atoms with Crippen molar-refractivity contribution < 1.29 is 23.8 Å². The molecule has 126 valence electrons. The summed E-state index contributed by atoms with van der Waals surface area (Å²) in [7, 11) is 1.56. The Hall–Kier alpha value is -3.02. The second-order valence-electron chi connectivity index (χ2n) is 4.96. The second-order valence-corrected chi connectivity index (χ2v) is 4.96. The number of benzene rings is 2. The third kappa shape index (κ3) is 5.31. The molecule has 24 heavy (non-hydrogen) atoms. The van der Waals surface area contributed by atoms with Gasteiger partial charge in [-0.1, -0.05) is 18.2 Å². The van der Waals surface area contributed by atoms with Crippen LogP contribution in [-0.4, -0.2) is 31.7 Å². The molecule has 1 atom stereocenters. The summed E-state index contributed by atoms with van der Waals surface area (Å²) in [5, 5.41) is 2.62. The Bertz CT molecular complexity index is 670. The van der Waals surface area contributed by atoms with Crippen molar-refractivity contribution in [1.29, 1.82) is 0 Å². The molecule has 6 nitrogen and oxygen atoms in total. The first-order valence-corrected chi connectivity index (χ1v) is 7.40. The van der Waals surface area contributed by atoms with Crippen LogP contribution in [0.5, 0.6) is 11.5 Å². The largest absolute Gasteiger partial charge is 0.497 e. The molecule has 1 N–H and O–H groups in total. The Balaban J connectivity index is 1.76. The van der Waals surface area contributed by atoms with Crippen LogP contribution in [-0.2, 0) is 14.3 Å². The van der Waals surface area contributed by atoms with Crippen molar-refractivity contribution in [2.75, 3.05) is 19.0 Å². The number of esters is 1. The minimum atomic E-state index is -0.804. The van der Waals surface area contributed by atoms with E-state index in [4.69, 9.17) is 14.2 Å². The summed E-state index contributed by atoms with van der Waals surface area (Å²) in [5.74, 6) is 0.208. The van der Waals surface area contributed by atoms with E-state index in [0.717, 1.165) is 0 Å². The molecular weight excluding hydrogens is 310 g/mol. The number of anilines is 1. The highest BCUT2D eigenvalue weighted by Gasteiger charge is 2.17. The van der Waals surface area contributed by atoms with Crippen LogP contribution >= 0.6 is 0 Å². The van der Waals surface area contributed by atoms with E-state index in [1.807, 2.05) is 6.07 Å². The lowest BCUT2D eigenvalue weighted by Crippen LogP contribution is -2.29. The molecule has 2 aromatic carbocycles. The molecule has 6 heteroatoms. The molecule has 0 aliphatic rings. The van der Waals surface area contributed by atoms with Gasteiger partial charge < -0.3 is 19.5 Å². The first-order chi connectivity index (χ1) is 11.6. The highest BCUT2D eigenvalue weighted by atomic mass is 16.6. The lowest BCUT2D eigenvalue weighted by molar-refractivity contribution is -0.153. The molecule has 0 aliphatic carbocycles. The van der Waals surface area contributed by atoms with E-state index >= 15 is 0 Å². The van der Waals surface area contributed by atoms with Gasteiger partial charge in [-0.25, -0.2) is 4.79 Å². The predicted octanol–water partition coefficient (Wildman–Crippen LogP) is 2.64. The minimum absolute atomic E-state index is 0.382. The molecule has 0 saturated heterocycles. The van der Waals surface area contributed by atoms with Gasteiger partial charge in [0.2, 0.25) is 0 Å². The van der Waals surface area contributed by atoms with Gasteiger partial charge in [-0.15, -0.1) is 0 Å². The Kier molecular flexibility index (Phi) is 6.19. The third-order valence-corrected chi connectivity index (χ3v) is 3.11. The van der Waals surface area contributed by atoms with Gasteiger partial charge in [0.25, 0.3) is 5.91 Å². The first-order valence-electron chi connectivity index (χ1n) is 7.40. The summed E-state index contributed by atoms with van der Waals surface area (Å²) in [6, 6.07) is 15.7. The van der Waals surface area contributed by atoms with Crippen LogP contribution in [0.1, 0.15) is 6.92 Å². The molecule has 0 saturated carbocycles. The predicted molar refractivity (Wildman–Crippen MR) is 89.1 cm³/mol. The molecule has 0 aromatic heterocycles. The Morgan fingerprint density at radius 1 is 1.00 bits per heavy atom. The van der Waals surface area contributed by atoms with E-state index in [1.54, 1.807) is 62.6 Å². The van der Waals surface area contributed by atoms with Gasteiger partial charge in [-0.3, -0.25) is 4.79 Å². The average molecular weight is 329 g/mol. The minimum Gasteiger partial charge on any atom is -0.497 e. The van der Waals surface area contributed by atoms with Crippen LogP contribution in [0, 0.1) is 0 Å². The van der Waals surface area contributed by atoms with E-state index in [9.17, 15) is 9.59 Å². The molecular formula is C18H19NO5. The number of amides is 1. The molecule has 2 aromatic rings. The average Bonchev–Trinajstić information content (AvgIpc) is 2.61. The number of methoxy groups -OCH3 is 1. The molecule has 0 unspecified atom stereocenters. The zero-order valence-electron chi connectivity index (χ0n) is 13.5. The number of ether oxygens (including phenoxy) is 3. The quantitative estimate of drug-likeness (QED) is 0.791. The fourth-order valence-electron chi connectivity index (χ4n) is 1.88. The van der Waals surface area contributed by atoms with Crippen molar-refractivity contribution in [2.24, 2.45) is 0 Å². The Labute approximate surface area is 140 Å². The number of rotatable bonds is 7. The zero-order valence-corrected chi connectivity index (χ0v) is 13.5. The van der Waals surface area contributed by atoms with Crippen LogP contribution in [0.2, 0.25) is 0 Å². The van der Waals surface area contributed by atoms with Gasteiger partial charge in [0, 0.05) is 5.69 Å². The lowest BCUT2D eigenvalue weighted by atomic mass is 10.3. The summed E-state index contributed by atoms with van der Waals surface area (Å²) in [4.78, 5) is 23.6. The topological polar surface area (TPSA) is 73.9 Å². The Morgan fingerprint density at radius 3 is 2.29 bits per heavy atom. The van der Waals surface area contributed by atoms with Crippen molar-refractivity contribution >= 4 is 17.6 Å². The van der Waals surface area contributed by atoms with Crippen LogP contribution in [0.3, 0.4) is 0 Å². The summed E-state index contributed by atoms with van der Waals surface area (Å²) >= 11 is 0. The monoisotopic (exact) mass is 329 g/mol. The summed E-state index contributed by atoms with van der Waals surface area (Å²) < 4.78 is 15.4. The maximum atomic E-state index is 11.8. The van der Waals surface area contributed by atoms with Crippen LogP contribution in [0.25, 0.3) is 0 Å². The van der Waals surface area contributed by atoms with Crippen LogP contribution in [0.4, 0.5) is 5.69 Å². The number of nitrogens with one attached hydrogen (secondary N) is 1. The van der Waals surface area contributed by atoms with Crippen molar-refractivity contribution in [1.82, 2.24) is 0 Å². The van der Waals surface area contributed by atoms with Crippen molar-refractivity contribution in [2.45, 2.75) is 13.0 Å². The fourth-order valence-corrected chi connectivity index (χ4v) is 1.88.